The Bertz CT molecular complexity index is 456. The van der Waals surface area contributed by atoms with Crippen LogP contribution in [0, 0.1) is 0 Å². The Balaban J connectivity index is 3.15. The molecular formula is C9H5F6NO3. The average molecular weight is 289 g/mol. The molecule has 1 N–H and O–H groups in total. The third-order valence-electron chi connectivity index (χ3n) is 1.85. The van der Waals surface area contributed by atoms with Crippen LogP contribution in [0.1, 0.15) is 10.4 Å². The molecule has 0 aliphatic heterocycles. The zero-order valence-corrected chi connectivity index (χ0v) is 8.79. The maximum Gasteiger partial charge on any atom is 0.434 e. The van der Waals surface area contributed by atoms with Gasteiger partial charge in [-0.05, 0) is 6.07 Å². The topological polar surface area (TPSA) is 59.4 Å². The molecule has 0 atom stereocenters. The van der Waals surface area contributed by atoms with Gasteiger partial charge in [-0.3, -0.25) is 4.98 Å². The summed E-state index contributed by atoms with van der Waals surface area (Å²) in [7, 11) is 0. The highest BCUT2D eigenvalue weighted by Gasteiger charge is 2.59. The Labute approximate surface area is 101 Å². The zero-order valence-electron chi connectivity index (χ0n) is 8.79. The van der Waals surface area contributed by atoms with Crippen LogP contribution in [-0.4, -0.2) is 34.5 Å². The number of nitrogens with zero attached hydrogens (tertiary/aromatic N) is 1. The first-order valence-electron chi connectivity index (χ1n) is 4.51. The molecule has 1 aromatic heterocycles. The minimum atomic E-state index is -5.73. The number of alkyl halides is 6. The molecular weight excluding hydrogens is 284 g/mol. The van der Waals surface area contributed by atoms with Crippen LogP contribution in [0.15, 0.2) is 18.5 Å². The van der Waals surface area contributed by atoms with Crippen molar-refractivity contribution in [3.8, 4) is 5.75 Å². The number of aromatic carboxylic acids is 1. The average Bonchev–Trinajstić information content (AvgIpc) is 2.23. The van der Waals surface area contributed by atoms with Gasteiger partial charge in [0, 0.05) is 6.20 Å². The molecule has 106 valence electrons. The molecule has 0 saturated heterocycles. The van der Waals surface area contributed by atoms with Crippen LogP contribution in [0.5, 0.6) is 5.75 Å². The summed E-state index contributed by atoms with van der Waals surface area (Å²) >= 11 is 0. The van der Waals surface area contributed by atoms with E-state index in [1.54, 1.807) is 0 Å². The maximum absolute atomic E-state index is 12.2. The molecule has 0 aromatic carbocycles. The number of aromatic nitrogens is 1. The van der Waals surface area contributed by atoms with E-state index in [0.29, 0.717) is 6.20 Å². The number of pyridine rings is 1. The first kappa shape index (κ1) is 15.1. The molecule has 4 nitrogen and oxygen atoms in total. The summed E-state index contributed by atoms with van der Waals surface area (Å²) in [5, 5.41) is 8.61. The third kappa shape index (κ3) is 3.73. The van der Waals surface area contributed by atoms with Gasteiger partial charge in [-0.2, -0.15) is 26.3 Å². The Morgan fingerprint density at radius 1 is 1.21 bits per heavy atom. The molecule has 0 unspecified atom stereocenters. The van der Waals surface area contributed by atoms with Gasteiger partial charge in [0.25, 0.3) is 6.10 Å². The van der Waals surface area contributed by atoms with Gasteiger partial charge in [-0.25, -0.2) is 4.79 Å². The van der Waals surface area contributed by atoms with E-state index in [4.69, 9.17) is 5.11 Å². The van der Waals surface area contributed by atoms with Crippen molar-refractivity contribution >= 4 is 5.97 Å². The van der Waals surface area contributed by atoms with Crippen LogP contribution in [0.2, 0.25) is 0 Å². The fraction of sp³-hybridized carbons (Fsp3) is 0.333. The maximum atomic E-state index is 12.2. The lowest BCUT2D eigenvalue weighted by atomic mass is 10.2. The van der Waals surface area contributed by atoms with E-state index in [1.807, 2.05) is 0 Å². The standard InChI is InChI=1S/C9H5F6NO3/c10-8(11,12)7(9(13,14)15)19-5-3-16-2-1-4(5)6(17)18/h1-3,7H,(H,17,18). The Kier molecular flexibility index (Phi) is 3.91. The van der Waals surface area contributed by atoms with Crippen LogP contribution < -0.4 is 4.74 Å². The molecule has 19 heavy (non-hydrogen) atoms. The van der Waals surface area contributed by atoms with Gasteiger partial charge >= 0.3 is 18.3 Å². The van der Waals surface area contributed by atoms with Gasteiger partial charge in [0.2, 0.25) is 0 Å². The van der Waals surface area contributed by atoms with Crippen molar-refractivity contribution in [2.24, 2.45) is 0 Å². The number of carboxylic acid groups (broad SMARTS) is 1. The molecule has 0 amide bonds. The quantitative estimate of drug-likeness (QED) is 0.869. The normalized spacial score (nSPS) is 12.6. The van der Waals surface area contributed by atoms with Gasteiger partial charge in [-0.1, -0.05) is 0 Å². The number of carbonyl (C=O) groups is 1. The van der Waals surface area contributed by atoms with E-state index in [-0.39, 0.29) is 0 Å². The number of ether oxygens (including phenoxy) is 1. The van der Waals surface area contributed by atoms with Gasteiger partial charge < -0.3 is 9.84 Å². The van der Waals surface area contributed by atoms with E-state index in [1.165, 1.54) is 0 Å². The summed E-state index contributed by atoms with van der Waals surface area (Å²) < 4.78 is 77.1. The monoisotopic (exact) mass is 289 g/mol. The minimum absolute atomic E-state index is 0.466. The molecule has 0 spiro atoms. The SMILES string of the molecule is O=C(O)c1ccncc1OC(C(F)(F)F)C(F)(F)F. The van der Waals surface area contributed by atoms with Crippen molar-refractivity contribution in [3.05, 3.63) is 24.0 Å². The van der Waals surface area contributed by atoms with Crippen LogP contribution >= 0.6 is 0 Å². The lowest BCUT2D eigenvalue weighted by Crippen LogP contribution is -2.46. The first-order chi connectivity index (χ1) is 8.53. The molecule has 1 aromatic rings. The van der Waals surface area contributed by atoms with Gasteiger partial charge in [-0.15, -0.1) is 0 Å². The van der Waals surface area contributed by atoms with E-state index in [0.717, 1.165) is 12.3 Å². The predicted molar refractivity (Wildman–Crippen MR) is 47.7 cm³/mol. The second kappa shape index (κ2) is 4.94. The van der Waals surface area contributed by atoms with Gasteiger partial charge in [0.1, 0.15) is 5.56 Å². The van der Waals surface area contributed by atoms with Crippen LogP contribution in [0.25, 0.3) is 0 Å². The fourth-order valence-corrected chi connectivity index (χ4v) is 1.10. The van der Waals surface area contributed by atoms with Crippen molar-refractivity contribution in [1.29, 1.82) is 0 Å². The van der Waals surface area contributed by atoms with Crippen molar-refractivity contribution in [1.82, 2.24) is 4.98 Å². The first-order valence-corrected chi connectivity index (χ1v) is 4.51. The van der Waals surface area contributed by atoms with E-state index < -0.39 is 35.7 Å². The van der Waals surface area contributed by atoms with E-state index in [9.17, 15) is 31.1 Å². The molecule has 0 radical (unpaired) electrons. The minimum Gasteiger partial charge on any atom is -0.478 e. The molecule has 0 aliphatic rings. The van der Waals surface area contributed by atoms with Crippen LogP contribution in [0.3, 0.4) is 0 Å². The van der Waals surface area contributed by atoms with Gasteiger partial charge in [0.05, 0.1) is 6.20 Å². The summed E-state index contributed by atoms with van der Waals surface area (Å²) in [5.41, 5.74) is -0.853. The molecule has 0 saturated carbocycles. The Hall–Kier alpha value is -2.00. The predicted octanol–water partition coefficient (Wildman–Crippen LogP) is 2.65. The largest absolute Gasteiger partial charge is 0.478 e. The fourth-order valence-electron chi connectivity index (χ4n) is 1.10. The van der Waals surface area contributed by atoms with Crippen LogP contribution in [-0.2, 0) is 0 Å². The Morgan fingerprint density at radius 3 is 2.16 bits per heavy atom. The number of hydrogen-bond donors (Lipinski definition) is 1. The zero-order chi connectivity index (χ0) is 14.8. The lowest BCUT2D eigenvalue weighted by Gasteiger charge is -2.24. The highest BCUT2D eigenvalue weighted by atomic mass is 19.4. The molecule has 0 bridgehead atoms. The van der Waals surface area contributed by atoms with Gasteiger partial charge in [0.15, 0.2) is 5.75 Å². The summed E-state index contributed by atoms with van der Waals surface area (Å²) in [6.07, 6.45) is -14.2. The summed E-state index contributed by atoms with van der Waals surface area (Å²) in [6, 6.07) is 0.724. The third-order valence-corrected chi connectivity index (χ3v) is 1.85. The van der Waals surface area contributed by atoms with Crippen molar-refractivity contribution < 1.29 is 41.0 Å². The summed E-state index contributed by atoms with van der Waals surface area (Å²) in [6.45, 7) is 0. The molecule has 10 heteroatoms. The van der Waals surface area contributed by atoms with Crippen molar-refractivity contribution in [2.75, 3.05) is 0 Å². The number of halogens is 6. The Morgan fingerprint density at radius 2 is 1.74 bits per heavy atom. The van der Waals surface area contributed by atoms with Crippen molar-refractivity contribution in [3.63, 3.8) is 0 Å². The van der Waals surface area contributed by atoms with Crippen LogP contribution in [0.4, 0.5) is 26.3 Å². The smallest absolute Gasteiger partial charge is 0.434 e. The molecule has 1 heterocycles. The number of carboxylic acids is 1. The number of rotatable bonds is 3. The van der Waals surface area contributed by atoms with E-state index >= 15 is 0 Å². The second-order valence-corrected chi connectivity index (χ2v) is 3.26. The highest BCUT2D eigenvalue weighted by Crippen LogP contribution is 2.37. The lowest BCUT2D eigenvalue weighted by molar-refractivity contribution is -0.300. The van der Waals surface area contributed by atoms with Crippen molar-refractivity contribution in [2.45, 2.75) is 18.5 Å². The highest BCUT2D eigenvalue weighted by molar-refractivity contribution is 5.90. The summed E-state index contributed by atoms with van der Waals surface area (Å²) in [5.74, 6) is -2.85. The molecule has 0 fully saturated rings. The summed E-state index contributed by atoms with van der Waals surface area (Å²) in [4.78, 5) is 13.9. The second-order valence-electron chi connectivity index (χ2n) is 3.26. The molecule has 0 aliphatic carbocycles. The molecule has 1 rings (SSSR count). The number of hydrogen-bond acceptors (Lipinski definition) is 3. The van der Waals surface area contributed by atoms with E-state index in [2.05, 4.69) is 9.72 Å².